The second-order valence-corrected chi connectivity index (χ2v) is 4.19. The van der Waals surface area contributed by atoms with Gasteiger partial charge in [0.2, 0.25) is 0 Å². The van der Waals surface area contributed by atoms with Crippen LogP contribution in [0.15, 0.2) is 12.5 Å². The number of H-pyrrole nitrogens is 1. The van der Waals surface area contributed by atoms with Crippen LogP contribution in [0.25, 0.3) is 0 Å². The van der Waals surface area contributed by atoms with Crippen LogP contribution in [0.3, 0.4) is 0 Å². The first-order valence-electron chi connectivity index (χ1n) is 2.84. The van der Waals surface area contributed by atoms with Crippen LogP contribution >= 0.6 is 0 Å². The summed E-state index contributed by atoms with van der Waals surface area (Å²) in [5, 5.41) is 10.5. The van der Waals surface area contributed by atoms with E-state index >= 15 is 0 Å². The molecule has 0 radical (unpaired) electrons. The van der Waals surface area contributed by atoms with E-state index in [0.717, 1.165) is 0 Å². The molecule has 0 aromatic carbocycles. The summed E-state index contributed by atoms with van der Waals surface area (Å²) in [5.41, 5.74) is 0.682. The normalized spacial score (nSPS) is 10.4. The summed E-state index contributed by atoms with van der Waals surface area (Å²) in [6, 6.07) is 0. The van der Waals surface area contributed by atoms with Gasteiger partial charge in [-0.15, -0.1) is 0 Å². The molecule has 0 aliphatic carbocycles. The van der Waals surface area contributed by atoms with Crippen molar-refractivity contribution < 1.29 is 24.3 Å². The van der Waals surface area contributed by atoms with Crippen molar-refractivity contribution in [1.82, 2.24) is 9.97 Å². The summed E-state index contributed by atoms with van der Waals surface area (Å²) in [6.07, 6.45) is 3.12. The number of imidazole rings is 1. The van der Waals surface area contributed by atoms with Gasteiger partial charge in [-0.2, -0.15) is 0 Å². The van der Waals surface area contributed by atoms with E-state index in [-0.39, 0.29) is 0 Å². The summed E-state index contributed by atoms with van der Waals surface area (Å²) in [7, 11) is 0. The maximum absolute atomic E-state index is 10.2. The summed E-state index contributed by atoms with van der Waals surface area (Å²) < 4.78 is 5.32. The van der Waals surface area contributed by atoms with Crippen molar-refractivity contribution in [1.29, 1.82) is 0 Å². The average molecular weight is 193 g/mol. The topological polar surface area (TPSA) is 94.8 Å². The van der Waals surface area contributed by atoms with Crippen LogP contribution in [0.1, 0.15) is 5.69 Å². The summed E-state index contributed by atoms with van der Waals surface area (Å²) in [5.74, 6) is 0. The van der Waals surface area contributed by atoms with E-state index in [0.29, 0.717) is 11.0 Å². The molecule has 0 bridgehead atoms. The summed E-state index contributed by atoms with van der Waals surface area (Å²) >= 11 is -2.12. The Morgan fingerprint density at radius 1 is 1.91 bits per heavy atom. The van der Waals surface area contributed by atoms with Crippen molar-refractivity contribution in [2.24, 2.45) is 4.72 Å². The van der Waals surface area contributed by atoms with Gasteiger partial charge in [0.05, 0.1) is 0 Å². The quantitative estimate of drug-likeness (QED) is 0.626. The number of aromatic amines is 1. The molecular weight excluding hydrogens is 186 g/mol. The second-order valence-electron chi connectivity index (χ2n) is 1.88. The molecule has 0 aliphatic rings. The number of rotatable bonds is 3. The van der Waals surface area contributed by atoms with Crippen LogP contribution in [0.5, 0.6) is 0 Å². The first-order valence-corrected chi connectivity index (χ1v) is 5.11. The average Bonchev–Trinajstić information content (AvgIpc) is 2.39. The van der Waals surface area contributed by atoms with Crippen molar-refractivity contribution in [3.63, 3.8) is 0 Å². The molecule has 0 atom stereocenters. The first-order chi connectivity index (χ1) is 5.20. The SMILES string of the molecule is [NH2][Cr]([CH2]c1c[nH]cn1)[C](=O)[O-]. The van der Waals surface area contributed by atoms with E-state index in [1.165, 1.54) is 6.33 Å². The van der Waals surface area contributed by atoms with Crippen molar-refractivity contribution in [3.05, 3.63) is 18.2 Å². The zero-order valence-corrected chi connectivity index (χ0v) is 6.89. The van der Waals surface area contributed by atoms with Crippen molar-refractivity contribution >= 4 is 4.83 Å². The Balaban J connectivity index is 2.50. The molecule has 0 saturated heterocycles. The zero-order valence-electron chi connectivity index (χ0n) is 5.61. The molecule has 5 nitrogen and oxygen atoms in total. The molecular formula is C5H7CrN3O2-. The van der Waals surface area contributed by atoms with Gasteiger partial charge >= 0.3 is 67.3 Å². The van der Waals surface area contributed by atoms with E-state index in [1.807, 2.05) is 0 Å². The third-order valence-corrected chi connectivity index (χ3v) is 2.69. The van der Waals surface area contributed by atoms with Crippen LogP contribution in [0.4, 0.5) is 4.79 Å². The summed E-state index contributed by atoms with van der Waals surface area (Å²) in [6.45, 7) is 0. The molecule has 0 amide bonds. The molecule has 3 N–H and O–H groups in total. The van der Waals surface area contributed by atoms with E-state index < -0.39 is 19.2 Å². The Morgan fingerprint density at radius 3 is 3.09 bits per heavy atom. The minimum atomic E-state index is -2.12. The van der Waals surface area contributed by atoms with Gasteiger partial charge < -0.3 is 0 Å². The van der Waals surface area contributed by atoms with Crippen LogP contribution < -0.4 is 9.82 Å². The number of carbonyl (C=O) groups excluding carboxylic acids is 1. The van der Waals surface area contributed by atoms with Gasteiger partial charge in [0.25, 0.3) is 0 Å². The van der Waals surface area contributed by atoms with Gasteiger partial charge in [-0.1, -0.05) is 0 Å². The minimum absolute atomic E-state index is 0.325. The number of hydrogen-bond donors (Lipinski definition) is 2. The Morgan fingerprint density at radius 2 is 2.64 bits per heavy atom. The zero-order chi connectivity index (χ0) is 8.27. The fourth-order valence-corrected chi connectivity index (χ4v) is 1.52. The molecule has 0 spiro atoms. The number of carbonyl (C=O) groups is 1. The Bertz CT molecular complexity index is 236. The molecule has 0 unspecified atom stereocenters. The van der Waals surface area contributed by atoms with Gasteiger partial charge in [0.15, 0.2) is 0 Å². The predicted molar refractivity (Wildman–Crippen MR) is 31.9 cm³/mol. The van der Waals surface area contributed by atoms with Gasteiger partial charge in [-0.3, -0.25) is 0 Å². The van der Waals surface area contributed by atoms with E-state index in [9.17, 15) is 9.90 Å². The number of aromatic nitrogens is 2. The molecule has 11 heavy (non-hydrogen) atoms. The summed E-state index contributed by atoms with van der Waals surface area (Å²) in [4.78, 5) is 15.6. The third-order valence-electron chi connectivity index (χ3n) is 1.07. The van der Waals surface area contributed by atoms with E-state index in [4.69, 9.17) is 4.72 Å². The van der Waals surface area contributed by atoms with Crippen molar-refractivity contribution in [3.8, 4) is 0 Å². The fraction of sp³-hybridized carbons (Fsp3) is 0.200. The Hall–Kier alpha value is -0.828. The van der Waals surface area contributed by atoms with Gasteiger partial charge in [0.1, 0.15) is 0 Å². The molecule has 0 saturated carbocycles. The molecule has 1 heterocycles. The van der Waals surface area contributed by atoms with Gasteiger partial charge in [0, 0.05) is 0 Å². The van der Waals surface area contributed by atoms with E-state index in [1.54, 1.807) is 6.20 Å². The number of nitrogens with two attached hydrogens (primary N) is 1. The van der Waals surface area contributed by atoms with Crippen molar-refractivity contribution in [2.75, 3.05) is 0 Å². The fourth-order valence-electron chi connectivity index (χ4n) is 0.588. The standard InChI is InChI=1S/C4H5N2.CO2.Cr.H2N/c1-4-2-5-3-6-4;2-1-3;;/h2-3H,1H2,(H,5,6);;;1H2/q;-1;+1;-1. The second kappa shape index (κ2) is 3.53. The molecule has 1 aromatic heterocycles. The van der Waals surface area contributed by atoms with E-state index in [2.05, 4.69) is 9.97 Å². The molecule has 61 valence electrons. The molecule has 1 rings (SSSR count). The number of nitrogens with zero attached hydrogens (tertiary/aromatic N) is 1. The predicted octanol–water partition coefficient (Wildman–Crippen LogP) is -1.26. The van der Waals surface area contributed by atoms with Gasteiger partial charge in [-0.05, 0) is 0 Å². The molecule has 1 aromatic rings. The third kappa shape index (κ3) is 2.35. The monoisotopic (exact) mass is 193 g/mol. The molecule has 0 aliphatic heterocycles. The maximum atomic E-state index is 10.2. The molecule has 6 heteroatoms. The number of carboxylic acid groups (broad SMARTS) is 1. The molecule has 0 fully saturated rings. The van der Waals surface area contributed by atoms with Crippen LogP contribution in [-0.2, 0) is 19.7 Å². The van der Waals surface area contributed by atoms with Crippen molar-refractivity contribution in [2.45, 2.75) is 5.28 Å². The van der Waals surface area contributed by atoms with Crippen LogP contribution in [0.2, 0.25) is 0 Å². The Kier molecular flexibility index (Phi) is 2.65. The van der Waals surface area contributed by atoms with Crippen LogP contribution in [0, 0.1) is 0 Å². The Labute approximate surface area is 67.9 Å². The van der Waals surface area contributed by atoms with Crippen LogP contribution in [-0.4, -0.2) is 14.8 Å². The number of nitrogens with one attached hydrogen (secondary N) is 1. The van der Waals surface area contributed by atoms with Gasteiger partial charge in [-0.25, -0.2) is 0 Å². The number of hydrogen-bond acceptors (Lipinski definition) is 4. The first kappa shape index (κ1) is 8.27.